The number of para-hydroxylation sites is 2. The van der Waals surface area contributed by atoms with Gasteiger partial charge in [-0.3, -0.25) is 20.0 Å². The molecule has 2 rings (SSSR count). The Bertz CT molecular complexity index is 705. The third kappa shape index (κ3) is 5.81. The van der Waals surface area contributed by atoms with Crippen molar-refractivity contribution in [3.05, 3.63) is 60.7 Å². The second kappa shape index (κ2) is 9.46. The van der Waals surface area contributed by atoms with Crippen LogP contribution < -0.4 is 20.5 Å². The van der Waals surface area contributed by atoms with Gasteiger partial charge in [-0.15, -0.1) is 0 Å². The number of hydrazine groups is 1. The van der Waals surface area contributed by atoms with Gasteiger partial charge in [-0.05, 0) is 30.2 Å². The predicted molar refractivity (Wildman–Crippen MR) is 102 cm³/mol. The van der Waals surface area contributed by atoms with Crippen LogP contribution in [0.4, 0.5) is 5.69 Å². The number of nitrogens with one attached hydrogen (secondary N) is 2. The lowest BCUT2D eigenvalue weighted by Crippen LogP contribution is -2.54. The van der Waals surface area contributed by atoms with E-state index in [1.807, 2.05) is 62.4 Å². The highest BCUT2D eigenvalue weighted by Crippen LogP contribution is 2.10. The van der Waals surface area contributed by atoms with E-state index in [0.29, 0.717) is 5.75 Å². The fourth-order valence-electron chi connectivity index (χ4n) is 2.37. The van der Waals surface area contributed by atoms with Crippen molar-refractivity contribution in [2.24, 2.45) is 5.92 Å². The first kappa shape index (κ1) is 19.3. The maximum atomic E-state index is 12.6. The molecule has 0 aliphatic rings. The Morgan fingerprint density at radius 1 is 1.00 bits per heavy atom. The Hall–Kier alpha value is -3.02. The molecule has 0 aromatic heterocycles. The van der Waals surface area contributed by atoms with Gasteiger partial charge in [0, 0.05) is 7.05 Å². The lowest BCUT2D eigenvalue weighted by atomic mass is 10.0. The standard InChI is InChI=1S/C20H25N3O3/c1-15(2)19(20(25)22-23(3)16-10-6-4-7-11-16)21-18(24)14-26-17-12-8-5-9-13-17/h4-13,15,19H,14H2,1-3H3,(H,21,24)(H,22,25)/t19-/m0/s1. The summed E-state index contributed by atoms with van der Waals surface area (Å²) in [6.07, 6.45) is 0. The van der Waals surface area contributed by atoms with Crippen molar-refractivity contribution in [2.45, 2.75) is 19.9 Å². The van der Waals surface area contributed by atoms with Crippen LogP contribution >= 0.6 is 0 Å². The van der Waals surface area contributed by atoms with Crippen molar-refractivity contribution in [1.29, 1.82) is 0 Å². The van der Waals surface area contributed by atoms with Crippen LogP contribution in [0.1, 0.15) is 13.8 Å². The zero-order chi connectivity index (χ0) is 18.9. The van der Waals surface area contributed by atoms with E-state index in [9.17, 15) is 9.59 Å². The van der Waals surface area contributed by atoms with Gasteiger partial charge in [0.15, 0.2) is 6.61 Å². The maximum Gasteiger partial charge on any atom is 0.261 e. The summed E-state index contributed by atoms with van der Waals surface area (Å²) in [5.74, 6) is -0.0821. The topological polar surface area (TPSA) is 70.7 Å². The van der Waals surface area contributed by atoms with Crippen molar-refractivity contribution >= 4 is 17.5 Å². The van der Waals surface area contributed by atoms with E-state index in [1.54, 1.807) is 24.2 Å². The summed E-state index contributed by atoms with van der Waals surface area (Å²) in [5, 5.41) is 4.37. The number of ether oxygens (including phenoxy) is 1. The van der Waals surface area contributed by atoms with E-state index >= 15 is 0 Å². The number of anilines is 1. The van der Waals surface area contributed by atoms with Crippen LogP contribution in [0.2, 0.25) is 0 Å². The number of hydrogen-bond acceptors (Lipinski definition) is 4. The number of hydrogen-bond donors (Lipinski definition) is 2. The summed E-state index contributed by atoms with van der Waals surface area (Å²) in [6, 6.07) is 17.9. The summed E-state index contributed by atoms with van der Waals surface area (Å²) >= 11 is 0. The summed E-state index contributed by atoms with van der Waals surface area (Å²) in [6.45, 7) is 3.62. The molecule has 26 heavy (non-hydrogen) atoms. The van der Waals surface area contributed by atoms with E-state index in [1.165, 1.54) is 0 Å². The summed E-state index contributed by atoms with van der Waals surface area (Å²) in [5.41, 5.74) is 3.64. The van der Waals surface area contributed by atoms with E-state index in [0.717, 1.165) is 5.69 Å². The smallest absolute Gasteiger partial charge is 0.261 e. The highest BCUT2D eigenvalue weighted by Gasteiger charge is 2.25. The molecule has 0 radical (unpaired) electrons. The van der Waals surface area contributed by atoms with E-state index < -0.39 is 6.04 Å². The Balaban J connectivity index is 1.90. The molecular weight excluding hydrogens is 330 g/mol. The fraction of sp³-hybridized carbons (Fsp3) is 0.300. The highest BCUT2D eigenvalue weighted by molar-refractivity contribution is 5.89. The molecule has 1 atom stereocenters. The molecule has 0 aliphatic heterocycles. The third-order valence-corrected chi connectivity index (χ3v) is 3.80. The Labute approximate surface area is 154 Å². The Kier molecular flexibility index (Phi) is 7.02. The third-order valence-electron chi connectivity index (χ3n) is 3.80. The molecule has 0 fully saturated rings. The molecule has 2 aromatic carbocycles. The molecule has 2 amide bonds. The Morgan fingerprint density at radius 3 is 2.15 bits per heavy atom. The predicted octanol–water partition coefficient (Wildman–Crippen LogP) is 2.37. The number of rotatable bonds is 8. The molecule has 6 heteroatoms. The summed E-state index contributed by atoms with van der Waals surface area (Å²) in [7, 11) is 1.75. The lowest BCUT2D eigenvalue weighted by Gasteiger charge is -2.26. The average Bonchev–Trinajstić information content (AvgIpc) is 2.65. The van der Waals surface area contributed by atoms with Crippen LogP contribution in [0.25, 0.3) is 0 Å². The van der Waals surface area contributed by atoms with Crippen molar-refractivity contribution in [3.8, 4) is 5.75 Å². The zero-order valence-electron chi connectivity index (χ0n) is 15.3. The van der Waals surface area contributed by atoms with Crippen LogP contribution in [0.15, 0.2) is 60.7 Å². The average molecular weight is 355 g/mol. The van der Waals surface area contributed by atoms with Crippen LogP contribution in [0.3, 0.4) is 0 Å². The highest BCUT2D eigenvalue weighted by atomic mass is 16.5. The molecule has 138 valence electrons. The first-order valence-corrected chi connectivity index (χ1v) is 8.54. The number of amides is 2. The van der Waals surface area contributed by atoms with Crippen LogP contribution in [-0.2, 0) is 9.59 Å². The lowest BCUT2D eigenvalue weighted by molar-refractivity contribution is -0.131. The van der Waals surface area contributed by atoms with Gasteiger partial charge in [-0.2, -0.15) is 0 Å². The molecule has 0 saturated carbocycles. The fourth-order valence-corrected chi connectivity index (χ4v) is 2.37. The molecular formula is C20H25N3O3. The molecule has 0 bridgehead atoms. The molecule has 2 N–H and O–H groups in total. The normalized spacial score (nSPS) is 11.5. The van der Waals surface area contributed by atoms with Crippen LogP contribution in [0.5, 0.6) is 5.75 Å². The second-order valence-electron chi connectivity index (χ2n) is 6.26. The minimum atomic E-state index is -0.659. The SMILES string of the molecule is CC(C)[C@H](NC(=O)COc1ccccc1)C(=O)NN(C)c1ccccc1. The molecule has 2 aromatic rings. The van der Waals surface area contributed by atoms with Crippen molar-refractivity contribution < 1.29 is 14.3 Å². The van der Waals surface area contributed by atoms with Gasteiger partial charge in [0.1, 0.15) is 11.8 Å². The molecule has 0 saturated heterocycles. The van der Waals surface area contributed by atoms with E-state index in [4.69, 9.17) is 4.74 Å². The van der Waals surface area contributed by atoms with Gasteiger partial charge in [-0.25, -0.2) is 0 Å². The van der Waals surface area contributed by atoms with Gasteiger partial charge in [0.25, 0.3) is 11.8 Å². The molecule has 0 heterocycles. The molecule has 0 unspecified atom stereocenters. The van der Waals surface area contributed by atoms with Gasteiger partial charge in [0.2, 0.25) is 0 Å². The monoisotopic (exact) mass is 355 g/mol. The quantitative estimate of drug-likeness (QED) is 0.713. The summed E-state index contributed by atoms with van der Waals surface area (Å²) in [4.78, 5) is 24.7. The van der Waals surface area contributed by atoms with Crippen LogP contribution in [0, 0.1) is 5.92 Å². The molecule has 0 aliphatic carbocycles. The Morgan fingerprint density at radius 2 is 1.58 bits per heavy atom. The largest absolute Gasteiger partial charge is 0.484 e. The van der Waals surface area contributed by atoms with Gasteiger partial charge < -0.3 is 10.1 Å². The number of carbonyl (C=O) groups excluding carboxylic acids is 2. The number of benzene rings is 2. The van der Waals surface area contributed by atoms with Gasteiger partial charge in [-0.1, -0.05) is 50.2 Å². The van der Waals surface area contributed by atoms with Crippen LogP contribution in [-0.4, -0.2) is 31.5 Å². The van der Waals surface area contributed by atoms with E-state index in [-0.39, 0.29) is 24.3 Å². The van der Waals surface area contributed by atoms with Crippen molar-refractivity contribution in [2.75, 3.05) is 18.7 Å². The van der Waals surface area contributed by atoms with Crippen molar-refractivity contribution in [1.82, 2.24) is 10.7 Å². The maximum absolute atomic E-state index is 12.6. The molecule has 6 nitrogen and oxygen atoms in total. The molecule has 0 spiro atoms. The second-order valence-corrected chi connectivity index (χ2v) is 6.26. The first-order chi connectivity index (χ1) is 12.5. The summed E-state index contributed by atoms with van der Waals surface area (Å²) < 4.78 is 5.42. The first-order valence-electron chi connectivity index (χ1n) is 8.54. The number of nitrogens with zero attached hydrogens (tertiary/aromatic N) is 1. The van der Waals surface area contributed by atoms with E-state index in [2.05, 4.69) is 10.7 Å². The zero-order valence-corrected chi connectivity index (χ0v) is 15.3. The minimum Gasteiger partial charge on any atom is -0.484 e. The minimum absolute atomic E-state index is 0.0696. The van der Waals surface area contributed by atoms with Gasteiger partial charge >= 0.3 is 0 Å². The van der Waals surface area contributed by atoms with Gasteiger partial charge in [0.05, 0.1) is 5.69 Å². The number of carbonyl (C=O) groups is 2. The van der Waals surface area contributed by atoms with Crippen molar-refractivity contribution in [3.63, 3.8) is 0 Å².